The van der Waals surface area contributed by atoms with Gasteiger partial charge >= 0.3 is 0 Å². The SMILES string of the molecule is Fc1ccc(NC(Cc2cccs2)c2cccs2)c(Cl)c1. The van der Waals surface area contributed by atoms with Crippen LogP contribution in [0.5, 0.6) is 0 Å². The molecule has 0 saturated carbocycles. The van der Waals surface area contributed by atoms with Crippen molar-refractivity contribution in [3.63, 3.8) is 0 Å². The Morgan fingerprint density at radius 1 is 1.10 bits per heavy atom. The van der Waals surface area contributed by atoms with Crippen LogP contribution in [-0.4, -0.2) is 0 Å². The van der Waals surface area contributed by atoms with Crippen LogP contribution in [0.4, 0.5) is 10.1 Å². The Hall–Kier alpha value is -1.36. The second kappa shape index (κ2) is 6.60. The van der Waals surface area contributed by atoms with E-state index in [-0.39, 0.29) is 11.9 Å². The highest BCUT2D eigenvalue weighted by Gasteiger charge is 2.15. The molecule has 108 valence electrons. The van der Waals surface area contributed by atoms with Crippen molar-refractivity contribution in [3.05, 3.63) is 73.8 Å². The van der Waals surface area contributed by atoms with Crippen LogP contribution < -0.4 is 5.32 Å². The molecule has 21 heavy (non-hydrogen) atoms. The Morgan fingerprint density at radius 3 is 2.57 bits per heavy atom. The minimum absolute atomic E-state index is 0.131. The van der Waals surface area contributed by atoms with E-state index in [2.05, 4.69) is 34.3 Å². The van der Waals surface area contributed by atoms with Crippen LogP contribution in [0.25, 0.3) is 0 Å². The van der Waals surface area contributed by atoms with Gasteiger partial charge in [0.15, 0.2) is 0 Å². The minimum Gasteiger partial charge on any atom is -0.376 e. The fraction of sp³-hybridized carbons (Fsp3) is 0.125. The molecule has 1 atom stereocenters. The van der Waals surface area contributed by atoms with E-state index < -0.39 is 0 Å². The summed E-state index contributed by atoms with van der Waals surface area (Å²) in [5.41, 5.74) is 0.757. The van der Waals surface area contributed by atoms with E-state index in [1.807, 2.05) is 6.07 Å². The summed E-state index contributed by atoms with van der Waals surface area (Å²) in [6, 6.07) is 12.9. The van der Waals surface area contributed by atoms with Gasteiger partial charge in [0.2, 0.25) is 0 Å². The van der Waals surface area contributed by atoms with Gasteiger partial charge in [0.25, 0.3) is 0 Å². The Kier molecular flexibility index (Phi) is 4.58. The number of thiophene rings is 2. The lowest BCUT2D eigenvalue weighted by molar-refractivity contribution is 0.628. The van der Waals surface area contributed by atoms with Gasteiger partial charge in [-0.3, -0.25) is 0 Å². The molecule has 0 fully saturated rings. The lowest BCUT2D eigenvalue weighted by Gasteiger charge is -2.19. The summed E-state index contributed by atoms with van der Waals surface area (Å²) < 4.78 is 13.2. The maximum Gasteiger partial charge on any atom is 0.124 e. The number of rotatable bonds is 5. The van der Waals surface area contributed by atoms with E-state index >= 15 is 0 Å². The third-order valence-electron chi connectivity index (χ3n) is 3.13. The highest BCUT2D eigenvalue weighted by molar-refractivity contribution is 7.10. The number of halogens is 2. The van der Waals surface area contributed by atoms with E-state index in [9.17, 15) is 4.39 Å². The van der Waals surface area contributed by atoms with Crippen molar-refractivity contribution in [1.82, 2.24) is 0 Å². The van der Waals surface area contributed by atoms with Crippen molar-refractivity contribution in [3.8, 4) is 0 Å². The van der Waals surface area contributed by atoms with Crippen LogP contribution in [0.2, 0.25) is 5.02 Å². The van der Waals surface area contributed by atoms with Gasteiger partial charge in [0.1, 0.15) is 5.82 Å². The molecule has 1 N–H and O–H groups in total. The molecule has 1 unspecified atom stereocenters. The third kappa shape index (κ3) is 3.64. The van der Waals surface area contributed by atoms with Crippen LogP contribution >= 0.6 is 34.3 Å². The monoisotopic (exact) mass is 337 g/mol. The van der Waals surface area contributed by atoms with Crippen LogP contribution in [-0.2, 0) is 6.42 Å². The number of anilines is 1. The molecule has 2 aromatic heterocycles. The normalized spacial score (nSPS) is 12.3. The summed E-state index contributed by atoms with van der Waals surface area (Å²) >= 11 is 9.56. The molecular formula is C16H13ClFNS2. The highest BCUT2D eigenvalue weighted by Crippen LogP contribution is 2.31. The lowest BCUT2D eigenvalue weighted by Crippen LogP contribution is -2.12. The van der Waals surface area contributed by atoms with E-state index in [1.165, 1.54) is 21.9 Å². The van der Waals surface area contributed by atoms with Crippen molar-refractivity contribution >= 4 is 40.0 Å². The average Bonchev–Trinajstić information content (AvgIpc) is 3.13. The average molecular weight is 338 g/mol. The Labute approximate surface area is 136 Å². The first-order valence-electron chi connectivity index (χ1n) is 6.50. The molecule has 0 saturated heterocycles. The largest absolute Gasteiger partial charge is 0.376 e. The second-order valence-corrected chi connectivity index (χ2v) is 7.04. The third-order valence-corrected chi connectivity index (χ3v) is 5.33. The minimum atomic E-state index is -0.323. The maximum atomic E-state index is 13.2. The molecule has 0 aliphatic carbocycles. The molecule has 0 aliphatic rings. The first-order valence-corrected chi connectivity index (χ1v) is 8.63. The molecule has 0 aliphatic heterocycles. The zero-order chi connectivity index (χ0) is 14.7. The zero-order valence-corrected chi connectivity index (χ0v) is 13.4. The summed E-state index contributed by atoms with van der Waals surface area (Å²) in [5.74, 6) is -0.323. The molecule has 1 aromatic carbocycles. The quantitative estimate of drug-likeness (QED) is 0.602. The van der Waals surface area contributed by atoms with Gasteiger partial charge in [0.05, 0.1) is 16.8 Å². The van der Waals surface area contributed by atoms with Crippen molar-refractivity contribution in [2.75, 3.05) is 5.32 Å². The molecule has 0 bridgehead atoms. The van der Waals surface area contributed by atoms with E-state index in [0.717, 1.165) is 12.1 Å². The zero-order valence-electron chi connectivity index (χ0n) is 11.1. The fourth-order valence-corrected chi connectivity index (χ4v) is 3.89. The van der Waals surface area contributed by atoms with E-state index in [0.29, 0.717) is 5.02 Å². The summed E-state index contributed by atoms with van der Waals surface area (Å²) in [4.78, 5) is 2.54. The molecular weight excluding hydrogens is 325 g/mol. The van der Waals surface area contributed by atoms with Gasteiger partial charge in [-0.05, 0) is 41.1 Å². The molecule has 5 heteroatoms. The lowest BCUT2D eigenvalue weighted by atomic mass is 10.1. The van der Waals surface area contributed by atoms with Gasteiger partial charge in [-0.25, -0.2) is 4.39 Å². The van der Waals surface area contributed by atoms with E-state index in [1.54, 1.807) is 28.7 Å². The topological polar surface area (TPSA) is 12.0 Å². The molecule has 1 nitrogen and oxygen atoms in total. The maximum absolute atomic E-state index is 13.2. The first-order chi connectivity index (χ1) is 10.2. The van der Waals surface area contributed by atoms with Crippen LogP contribution in [0.1, 0.15) is 15.8 Å². The van der Waals surface area contributed by atoms with Crippen molar-refractivity contribution in [1.29, 1.82) is 0 Å². The molecule has 0 amide bonds. The van der Waals surface area contributed by atoms with Crippen molar-refractivity contribution < 1.29 is 4.39 Å². The summed E-state index contributed by atoms with van der Waals surface area (Å²) in [7, 11) is 0. The van der Waals surface area contributed by atoms with Crippen molar-refractivity contribution in [2.24, 2.45) is 0 Å². The second-order valence-electron chi connectivity index (χ2n) is 4.62. The number of hydrogen-bond donors (Lipinski definition) is 1. The van der Waals surface area contributed by atoms with Crippen LogP contribution in [0.3, 0.4) is 0 Å². The number of hydrogen-bond acceptors (Lipinski definition) is 3. The number of benzene rings is 1. The standard InChI is InChI=1S/C16H13ClFNS2/c17-13-9-11(18)5-6-14(13)19-15(16-4-2-8-21-16)10-12-3-1-7-20-12/h1-9,15,19H,10H2. The summed E-state index contributed by atoms with van der Waals surface area (Å²) in [5, 5.41) is 7.97. The Morgan fingerprint density at radius 2 is 1.90 bits per heavy atom. The predicted molar refractivity (Wildman–Crippen MR) is 90.1 cm³/mol. The Bertz CT molecular complexity index is 695. The number of nitrogens with one attached hydrogen (secondary N) is 1. The van der Waals surface area contributed by atoms with E-state index in [4.69, 9.17) is 11.6 Å². The highest BCUT2D eigenvalue weighted by atomic mass is 35.5. The molecule has 3 aromatic rings. The molecule has 3 rings (SSSR count). The van der Waals surface area contributed by atoms with Gasteiger partial charge in [0, 0.05) is 16.2 Å². The van der Waals surface area contributed by atoms with Gasteiger partial charge in [-0.1, -0.05) is 23.7 Å². The fourth-order valence-electron chi connectivity index (χ4n) is 2.14. The predicted octanol–water partition coefficient (Wildman–Crippen LogP) is 6.00. The Balaban J connectivity index is 1.85. The van der Waals surface area contributed by atoms with Crippen LogP contribution in [0, 0.1) is 5.82 Å². The summed E-state index contributed by atoms with van der Waals surface area (Å²) in [6.45, 7) is 0. The van der Waals surface area contributed by atoms with Gasteiger partial charge < -0.3 is 5.32 Å². The van der Waals surface area contributed by atoms with Crippen molar-refractivity contribution in [2.45, 2.75) is 12.5 Å². The van der Waals surface area contributed by atoms with Crippen LogP contribution in [0.15, 0.2) is 53.2 Å². The van der Waals surface area contributed by atoms with Gasteiger partial charge in [-0.15, -0.1) is 22.7 Å². The molecule has 0 radical (unpaired) electrons. The first kappa shape index (κ1) is 14.6. The molecule has 2 heterocycles. The van der Waals surface area contributed by atoms with Gasteiger partial charge in [-0.2, -0.15) is 0 Å². The molecule has 0 spiro atoms. The smallest absolute Gasteiger partial charge is 0.124 e. The summed E-state index contributed by atoms with van der Waals surface area (Å²) in [6.07, 6.45) is 0.881.